The van der Waals surface area contributed by atoms with Crippen LogP contribution in [-0.4, -0.2) is 19.5 Å². The van der Waals surface area contributed by atoms with E-state index in [2.05, 4.69) is 181 Å². The van der Waals surface area contributed by atoms with Gasteiger partial charge in [-0.05, 0) is 71.1 Å². The molecule has 0 saturated heterocycles. The quantitative estimate of drug-likeness (QED) is 0.168. The molecule has 4 heterocycles. The van der Waals surface area contributed by atoms with Crippen molar-refractivity contribution in [3.05, 3.63) is 211 Å². The second kappa shape index (κ2) is 14.6. The van der Waals surface area contributed by atoms with Crippen LogP contribution in [0.25, 0.3) is 123 Å². The third-order valence-corrected chi connectivity index (χ3v) is 12.9. The van der Waals surface area contributed by atoms with Crippen LogP contribution >= 0.6 is 0 Å². The number of benzene rings is 8. The molecule has 12 aromatic rings. The Morgan fingerprint density at radius 3 is 2.08 bits per heavy atom. The highest BCUT2D eigenvalue weighted by Gasteiger charge is 2.21. The maximum Gasteiger partial charge on any atom is 0.162 e. The first-order chi connectivity index (χ1) is 31.7. The van der Waals surface area contributed by atoms with Crippen LogP contribution in [0.1, 0.15) is 17.7 Å². The van der Waals surface area contributed by atoms with Crippen molar-refractivity contribution >= 4 is 60.6 Å². The van der Waals surface area contributed by atoms with E-state index >= 15 is 0 Å². The molecule has 0 radical (unpaired) electrons. The van der Waals surface area contributed by atoms with Gasteiger partial charge in [-0.15, -0.1) is 0 Å². The van der Waals surface area contributed by atoms with Gasteiger partial charge in [0, 0.05) is 60.7 Å². The number of hydrogen-bond donors (Lipinski definition) is 0. The molecule has 0 bridgehead atoms. The number of rotatable bonds is 6. The Morgan fingerprint density at radius 2 is 1.19 bits per heavy atom. The van der Waals surface area contributed by atoms with E-state index < -0.39 is 0 Å². The van der Waals surface area contributed by atoms with Gasteiger partial charge in [0.25, 0.3) is 0 Å². The van der Waals surface area contributed by atoms with Crippen molar-refractivity contribution in [1.29, 1.82) is 0 Å². The summed E-state index contributed by atoms with van der Waals surface area (Å²) in [6.07, 6.45) is 6.62. The van der Waals surface area contributed by atoms with Crippen molar-refractivity contribution in [1.82, 2.24) is 19.5 Å². The van der Waals surface area contributed by atoms with Crippen LogP contribution in [0, 0.1) is 0 Å². The predicted molar refractivity (Wildman–Crippen MR) is 263 cm³/mol. The van der Waals surface area contributed by atoms with Crippen LogP contribution in [0.3, 0.4) is 0 Å². The van der Waals surface area contributed by atoms with Crippen molar-refractivity contribution in [3.8, 4) is 62.0 Å². The molecule has 5 heteroatoms. The highest BCUT2D eigenvalue weighted by atomic mass is 16.3. The topological polar surface area (TPSA) is 56.7 Å². The monoisotopic (exact) mass is 818 g/mol. The molecule has 4 aromatic heterocycles. The fraction of sp³-hybridized carbons (Fsp3) is 0.0339. The summed E-state index contributed by atoms with van der Waals surface area (Å²) in [6, 6.07) is 68.4. The lowest BCUT2D eigenvalue weighted by Crippen LogP contribution is -2.03. The van der Waals surface area contributed by atoms with Gasteiger partial charge in [-0.25, -0.2) is 15.0 Å². The van der Waals surface area contributed by atoms with E-state index in [1.807, 2.05) is 30.3 Å². The van der Waals surface area contributed by atoms with Gasteiger partial charge >= 0.3 is 0 Å². The summed E-state index contributed by atoms with van der Waals surface area (Å²) in [5.41, 5.74) is 16.5. The fourth-order valence-corrected chi connectivity index (χ4v) is 9.84. The molecule has 0 fully saturated rings. The number of pyridine rings is 1. The van der Waals surface area contributed by atoms with Crippen LogP contribution in [-0.2, 0) is 6.42 Å². The Hall–Kier alpha value is -8.41. The number of para-hydroxylation sites is 2. The molecule has 0 unspecified atom stereocenters. The van der Waals surface area contributed by atoms with Gasteiger partial charge < -0.3 is 8.98 Å². The Morgan fingerprint density at radius 1 is 0.484 bits per heavy atom. The van der Waals surface area contributed by atoms with E-state index in [0.717, 1.165) is 107 Å². The van der Waals surface area contributed by atoms with E-state index in [1.165, 1.54) is 27.5 Å². The van der Waals surface area contributed by atoms with Crippen LogP contribution < -0.4 is 0 Å². The second-order valence-electron chi connectivity index (χ2n) is 16.6. The molecule has 0 atom stereocenters. The SMILES string of the molecule is C1=Cc2c(n(-c3cccc(-c4cc(-c5ccc(-c6ccc7c(c6)nc(-c6cccc8ccccc68)c6oc8ccccc8c67)cc5)nc(-c5ccccc5)n4)c3)c3ccccc23)CC1. The largest absolute Gasteiger partial charge is 0.454 e. The Bertz CT molecular complexity index is 3830. The molecule has 1 aliphatic carbocycles. The molecule has 0 amide bonds. The predicted octanol–water partition coefficient (Wildman–Crippen LogP) is 15.3. The summed E-state index contributed by atoms with van der Waals surface area (Å²) in [5, 5.41) is 6.84. The Balaban J connectivity index is 0.915. The van der Waals surface area contributed by atoms with Crippen molar-refractivity contribution < 1.29 is 4.42 Å². The molecule has 64 heavy (non-hydrogen) atoms. The third-order valence-electron chi connectivity index (χ3n) is 12.9. The zero-order valence-corrected chi connectivity index (χ0v) is 34.7. The molecule has 8 aromatic carbocycles. The minimum Gasteiger partial charge on any atom is -0.454 e. The molecule has 0 aliphatic heterocycles. The van der Waals surface area contributed by atoms with Gasteiger partial charge in [0.05, 0.1) is 22.4 Å². The highest BCUT2D eigenvalue weighted by molar-refractivity contribution is 6.22. The van der Waals surface area contributed by atoms with E-state index in [4.69, 9.17) is 19.4 Å². The molecule has 13 rings (SSSR count). The van der Waals surface area contributed by atoms with Crippen molar-refractivity contribution in [3.63, 3.8) is 0 Å². The first kappa shape index (κ1) is 36.3. The molecule has 300 valence electrons. The molecular weight excluding hydrogens is 781 g/mol. The van der Waals surface area contributed by atoms with Gasteiger partial charge in [-0.3, -0.25) is 0 Å². The number of fused-ring (bicyclic) bond motifs is 9. The van der Waals surface area contributed by atoms with Gasteiger partial charge in [0.2, 0.25) is 0 Å². The van der Waals surface area contributed by atoms with Crippen molar-refractivity contribution in [2.24, 2.45) is 0 Å². The summed E-state index contributed by atoms with van der Waals surface area (Å²) in [5.74, 6) is 0.692. The molecule has 1 aliphatic rings. The maximum atomic E-state index is 6.62. The zero-order chi connectivity index (χ0) is 42.1. The molecule has 0 N–H and O–H groups in total. The lowest BCUT2D eigenvalue weighted by atomic mass is 9.97. The number of aromatic nitrogens is 4. The van der Waals surface area contributed by atoms with Crippen molar-refractivity contribution in [2.45, 2.75) is 12.8 Å². The van der Waals surface area contributed by atoms with Gasteiger partial charge in [0.15, 0.2) is 11.4 Å². The summed E-state index contributed by atoms with van der Waals surface area (Å²) in [4.78, 5) is 15.8. The normalized spacial score (nSPS) is 12.5. The number of nitrogens with zero attached hydrogens (tertiary/aromatic N) is 4. The lowest BCUT2D eigenvalue weighted by molar-refractivity contribution is 0.669. The van der Waals surface area contributed by atoms with Crippen LogP contribution in [0.15, 0.2) is 205 Å². The van der Waals surface area contributed by atoms with Crippen molar-refractivity contribution in [2.75, 3.05) is 0 Å². The Kier molecular flexibility index (Phi) is 8.28. The standard InChI is InChI=1S/C59H38N4O/c1-2-15-40(16-3-1)59-61-50(36-51(62-59)42-18-12-19-43(34-42)63-53-25-9-6-21-45(53)46-22-7-10-26-54(46)63)39-30-28-37(29-31-39)41-32-33-48-52(35-41)60-57(47-24-13-17-38-14-4-5-20-44(38)47)58-56(48)49-23-8-11-27-55(49)64-58/h1-9,11-25,27-36H,10,26H2. The van der Waals surface area contributed by atoms with Crippen LogP contribution in [0.2, 0.25) is 0 Å². The second-order valence-corrected chi connectivity index (χ2v) is 16.6. The third kappa shape index (κ3) is 5.89. The average molecular weight is 819 g/mol. The summed E-state index contributed by atoms with van der Waals surface area (Å²) in [7, 11) is 0. The molecule has 0 spiro atoms. The zero-order valence-electron chi connectivity index (χ0n) is 34.7. The number of hydrogen-bond acceptors (Lipinski definition) is 4. The maximum absolute atomic E-state index is 6.62. The first-order valence-corrected chi connectivity index (χ1v) is 21.9. The van der Waals surface area contributed by atoms with Crippen LogP contribution in [0.5, 0.6) is 0 Å². The van der Waals surface area contributed by atoms with E-state index in [-0.39, 0.29) is 0 Å². The van der Waals surface area contributed by atoms with E-state index in [1.54, 1.807) is 0 Å². The number of allylic oxidation sites excluding steroid dienone is 1. The highest BCUT2D eigenvalue weighted by Crippen LogP contribution is 2.42. The number of furan rings is 1. The summed E-state index contributed by atoms with van der Waals surface area (Å²) in [6.45, 7) is 0. The summed E-state index contributed by atoms with van der Waals surface area (Å²) < 4.78 is 9.05. The first-order valence-electron chi connectivity index (χ1n) is 21.9. The van der Waals surface area contributed by atoms with Gasteiger partial charge in [-0.1, -0.05) is 170 Å². The van der Waals surface area contributed by atoms with Gasteiger partial charge in [0.1, 0.15) is 11.3 Å². The van der Waals surface area contributed by atoms with E-state index in [0.29, 0.717) is 5.82 Å². The van der Waals surface area contributed by atoms with Crippen LogP contribution in [0.4, 0.5) is 0 Å². The fourth-order valence-electron chi connectivity index (χ4n) is 9.84. The average Bonchev–Trinajstić information content (AvgIpc) is 3.93. The minimum absolute atomic E-state index is 0.692. The Labute approximate surface area is 369 Å². The molecular formula is C59H38N4O. The molecule has 0 saturated carbocycles. The molecule has 5 nitrogen and oxygen atoms in total. The minimum atomic E-state index is 0.692. The van der Waals surface area contributed by atoms with E-state index in [9.17, 15) is 0 Å². The lowest BCUT2D eigenvalue weighted by Gasteiger charge is -2.15. The smallest absolute Gasteiger partial charge is 0.162 e. The van der Waals surface area contributed by atoms with Gasteiger partial charge in [-0.2, -0.15) is 0 Å². The summed E-state index contributed by atoms with van der Waals surface area (Å²) >= 11 is 0.